The Bertz CT molecular complexity index is 700. The molecule has 0 radical (unpaired) electrons. The summed E-state index contributed by atoms with van der Waals surface area (Å²) in [5.74, 6) is 0.481. The Labute approximate surface area is 133 Å². The van der Waals surface area contributed by atoms with Gasteiger partial charge in [0.15, 0.2) is 11.9 Å². The SMILES string of the molecule is CC(=O)c1ccc(N2CC(COc3ccccn3)OC2=O)cc1. The summed E-state index contributed by atoms with van der Waals surface area (Å²) in [4.78, 5) is 28.8. The summed E-state index contributed by atoms with van der Waals surface area (Å²) in [7, 11) is 0. The van der Waals surface area contributed by atoms with Crippen molar-refractivity contribution in [2.75, 3.05) is 18.1 Å². The molecular weight excluding hydrogens is 296 g/mol. The van der Waals surface area contributed by atoms with Crippen LogP contribution in [0.3, 0.4) is 0 Å². The van der Waals surface area contributed by atoms with Crippen molar-refractivity contribution in [1.82, 2.24) is 4.98 Å². The Morgan fingerprint density at radius 1 is 1.30 bits per heavy atom. The summed E-state index contributed by atoms with van der Waals surface area (Å²) in [6.07, 6.45) is 0.853. The van der Waals surface area contributed by atoms with Crippen molar-refractivity contribution in [3.63, 3.8) is 0 Å². The molecule has 1 aromatic heterocycles. The van der Waals surface area contributed by atoms with E-state index in [0.717, 1.165) is 0 Å². The molecule has 1 unspecified atom stereocenters. The number of aromatic nitrogens is 1. The second-order valence-electron chi connectivity index (χ2n) is 5.20. The predicted octanol–water partition coefficient (Wildman–Crippen LogP) is 2.69. The molecule has 1 amide bonds. The van der Waals surface area contributed by atoms with E-state index in [4.69, 9.17) is 9.47 Å². The molecule has 118 valence electrons. The highest BCUT2D eigenvalue weighted by molar-refractivity contribution is 5.95. The van der Waals surface area contributed by atoms with Gasteiger partial charge in [0.1, 0.15) is 6.61 Å². The van der Waals surface area contributed by atoms with Crippen molar-refractivity contribution < 1.29 is 19.1 Å². The molecule has 6 heteroatoms. The molecule has 0 bridgehead atoms. The Balaban J connectivity index is 1.62. The van der Waals surface area contributed by atoms with Gasteiger partial charge in [0.25, 0.3) is 0 Å². The minimum atomic E-state index is -0.421. The number of benzene rings is 1. The van der Waals surface area contributed by atoms with Crippen LogP contribution in [0, 0.1) is 0 Å². The molecule has 2 aromatic rings. The molecular formula is C17H16N2O4. The van der Waals surface area contributed by atoms with Crippen LogP contribution >= 0.6 is 0 Å². The number of ketones is 1. The highest BCUT2D eigenvalue weighted by Crippen LogP contribution is 2.22. The first-order valence-corrected chi connectivity index (χ1v) is 7.26. The number of hydrogen-bond donors (Lipinski definition) is 0. The van der Waals surface area contributed by atoms with Crippen molar-refractivity contribution in [1.29, 1.82) is 0 Å². The molecule has 6 nitrogen and oxygen atoms in total. The maximum absolute atomic E-state index is 12.0. The zero-order valence-electron chi connectivity index (χ0n) is 12.6. The molecule has 1 aromatic carbocycles. The van der Waals surface area contributed by atoms with Crippen LogP contribution in [0.1, 0.15) is 17.3 Å². The standard InChI is InChI=1S/C17H16N2O4/c1-12(20)13-5-7-14(8-6-13)19-10-15(23-17(19)21)11-22-16-4-2-3-9-18-16/h2-9,15H,10-11H2,1H3. The zero-order chi connectivity index (χ0) is 16.2. The van der Waals surface area contributed by atoms with Crippen LogP contribution in [0.4, 0.5) is 10.5 Å². The van der Waals surface area contributed by atoms with Gasteiger partial charge < -0.3 is 9.47 Å². The van der Waals surface area contributed by atoms with E-state index in [1.54, 1.807) is 42.6 Å². The van der Waals surface area contributed by atoms with E-state index in [1.165, 1.54) is 11.8 Å². The summed E-state index contributed by atoms with van der Waals surface area (Å²) >= 11 is 0. The third-order valence-corrected chi connectivity index (χ3v) is 3.51. The lowest BCUT2D eigenvalue weighted by Crippen LogP contribution is -2.26. The fourth-order valence-corrected chi connectivity index (χ4v) is 2.31. The summed E-state index contributed by atoms with van der Waals surface area (Å²) in [5.41, 5.74) is 1.30. The van der Waals surface area contributed by atoms with Gasteiger partial charge in [0, 0.05) is 23.5 Å². The van der Waals surface area contributed by atoms with E-state index < -0.39 is 6.09 Å². The van der Waals surface area contributed by atoms with Gasteiger partial charge in [0.2, 0.25) is 5.88 Å². The average Bonchev–Trinajstić information content (AvgIpc) is 2.95. The number of pyridine rings is 1. The van der Waals surface area contributed by atoms with Gasteiger partial charge in [-0.3, -0.25) is 9.69 Å². The van der Waals surface area contributed by atoms with E-state index in [0.29, 0.717) is 23.7 Å². The maximum Gasteiger partial charge on any atom is 0.414 e. The molecule has 23 heavy (non-hydrogen) atoms. The molecule has 1 fully saturated rings. The number of hydrogen-bond acceptors (Lipinski definition) is 5. The number of carbonyl (C=O) groups excluding carboxylic acids is 2. The molecule has 0 N–H and O–H groups in total. The smallest absolute Gasteiger partial charge is 0.414 e. The van der Waals surface area contributed by atoms with Gasteiger partial charge in [-0.2, -0.15) is 0 Å². The van der Waals surface area contributed by atoms with Gasteiger partial charge in [0.05, 0.1) is 6.54 Å². The van der Waals surface area contributed by atoms with Crippen molar-refractivity contribution in [3.8, 4) is 5.88 Å². The zero-order valence-corrected chi connectivity index (χ0v) is 12.6. The molecule has 2 heterocycles. The van der Waals surface area contributed by atoms with Gasteiger partial charge >= 0.3 is 6.09 Å². The molecule has 0 aliphatic carbocycles. The Hall–Kier alpha value is -2.89. The first-order valence-electron chi connectivity index (χ1n) is 7.26. The van der Waals surface area contributed by atoms with E-state index in [2.05, 4.69) is 4.98 Å². The van der Waals surface area contributed by atoms with E-state index >= 15 is 0 Å². The number of cyclic esters (lactones) is 1. The van der Waals surface area contributed by atoms with Crippen LogP contribution < -0.4 is 9.64 Å². The van der Waals surface area contributed by atoms with Crippen LogP contribution in [-0.4, -0.2) is 36.1 Å². The topological polar surface area (TPSA) is 68.7 Å². The molecule has 1 atom stereocenters. The minimum Gasteiger partial charge on any atom is -0.474 e. The first-order chi connectivity index (χ1) is 11.1. The summed E-state index contributed by atoms with van der Waals surface area (Å²) in [5, 5.41) is 0. The number of amides is 1. The third-order valence-electron chi connectivity index (χ3n) is 3.51. The van der Waals surface area contributed by atoms with Crippen LogP contribution in [0.2, 0.25) is 0 Å². The number of nitrogens with zero attached hydrogens (tertiary/aromatic N) is 2. The molecule has 1 aliphatic heterocycles. The molecule has 3 rings (SSSR count). The fourth-order valence-electron chi connectivity index (χ4n) is 2.31. The van der Waals surface area contributed by atoms with Gasteiger partial charge in [-0.1, -0.05) is 6.07 Å². The number of Topliss-reactive ketones (excluding diaryl/α,β-unsaturated/α-hetero) is 1. The molecule has 0 spiro atoms. The van der Waals surface area contributed by atoms with Crippen molar-refractivity contribution in [2.45, 2.75) is 13.0 Å². The van der Waals surface area contributed by atoms with E-state index in [-0.39, 0.29) is 18.5 Å². The lowest BCUT2D eigenvalue weighted by Gasteiger charge is -2.13. The third kappa shape index (κ3) is 3.48. The van der Waals surface area contributed by atoms with E-state index in [1.807, 2.05) is 6.07 Å². The maximum atomic E-state index is 12.0. The lowest BCUT2D eigenvalue weighted by atomic mass is 10.1. The average molecular weight is 312 g/mol. The minimum absolute atomic E-state index is 0.0119. The number of ether oxygens (including phenoxy) is 2. The Morgan fingerprint density at radius 3 is 2.74 bits per heavy atom. The largest absolute Gasteiger partial charge is 0.474 e. The summed E-state index contributed by atoms with van der Waals surface area (Å²) in [6, 6.07) is 12.2. The van der Waals surface area contributed by atoms with Crippen molar-refractivity contribution >= 4 is 17.6 Å². The molecule has 1 saturated heterocycles. The Kier molecular flexibility index (Phi) is 4.23. The first kappa shape index (κ1) is 15.0. The normalized spacial score (nSPS) is 17.0. The van der Waals surface area contributed by atoms with Crippen LogP contribution in [0.25, 0.3) is 0 Å². The van der Waals surface area contributed by atoms with Crippen LogP contribution in [-0.2, 0) is 4.74 Å². The van der Waals surface area contributed by atoms with Gasteiger partial charge in [-0.05, 0) is 37.3 Å². The monoisotopic (exact) mass is 312 g/mol. The fraction of sp³-hybridized carbons (Fsp3) is 0.235. The molecule has 0 saturated carbocycles. The van der Waals surface area contributed by atoms with Crippen LogP contribution in [0.5, 0.6) is 5.88 Å². The quantitative estimate of drug-likeness (QED) is 0.794. The van der Waals surface area contributed by atoms with Crippen LogP contribution in [0.15, 0.2) is 48.7 Å². The van der Waals surface area contributed by atoms with Crippen molar-refractivity contribution in [2.24, 2.45) is 0 Å². The van der Waals surface area contributed by atoms with Gasteiger partial charge in [-0.15, -0.1) is 0 Å². The summed E-state index contributed by atoms with van der Waals surface area (Å²) in [6.45, 7) is 2.14. The van der Waals surface area contributed by atoms with E-state index in [9.17, 15) is 9.59 Å². The lowest BCUT2D eigenvalue weighted by molar-refractivity contribution is 0.101. The predicted molar refractivity (Wildman–Crippen MR) is 83.8 cm³/mol. The Morgan fingerprint density at radius 2 is 2.09 bits per heavy atom. The van der Waals surface area contributed by atoms with Gasteiger partial charge in [-0.25, -0.2) is 9.78 Å². The molecule has 1 aliphatic rings. The number of carbonyl (C=O) groups is 2. The second-order valence-corrected chi connectivity index (χ2v) is 5.20. The number of rotatable bonds is 5. The summed E-state index contributed by atoms with van der Waals surface area (Å²) < 4.78 is 10.8. The highest BCUT2D eigenvalue weighted by Gasteiger charge is 2.32. The second kappa shape index (κ2) is 6.48. The van der Waals surface area contributed by atoms with Crippen molar-refractivity contribution in [3.05, 3.63) is 54.2 Å². The number of anilines is 1. The highest BCUT2D eigenvalue weighted by atomic mass is 16.6.